The third-order valence-corrected chi connectivity index (χ3v) is 4.66. The molecule has 2 N–H and O–H groups in total. The molecule has 1 aliphatic heterocycles. The van der Waals surface area contributed by atoms with E-state index in [1.165, 1.54) is 0 Å². The number of rotatable bonds is 8. The van der Waals surface area contributed by atoms with Gasteiger partial charge in [-0.3, -0.25) is 4.99 Å². The predicted octanol–water partition coefficient (Wildman–Crippen LogP) is 3.33. The number of nitrogens with one attached hydrogen (secondary N) is 2. The van der Waals surface area contributed by atoms with Gasteiger partial charge in [0, 0.05) is 25.1 Å². The largest absolute Gasteiger partial charge is 0.493 e. The topological polar surface area (TPSA) is 64.1 Å². The Morgan fingerprint density at radius 1 is 1.22 bits per heavy atom. The van der Waals surface area contributed by atoms with Gasteiger partial charge in [-0.2, -0.15) is 0 Å². The highest BCUT2D eigenvalue weighted by Crippen LogP contribution is 2.33. The third-order valence-electron chi connectivity index (χ3n) is 4.66. The Morgan fingerprint density at radius 3 is 2.56 bits per heavy atom. The van der Waals surface area contributed by atoms with Gasteiger partial charge in [0.25, 0.3) is 0 Å². The number of methoxy groups -OCH3 is 2. The van der Waals surface area contributed by atoms with E-state index in [-0.39, 0.29) is 35.5 Å². The van der Waals surface area contributed by atoms with Gasteiger partial charge < -0.3 is 24.8 Å². The molecule has 0 saturated carbocycles. The fraction of sp³-hybridized carbons (Fsp3) is 0.650. The first-order valence-electron chi connectivity index (χ1n) is 9.36. The summed E-state index contributed by atoms with van der Waals surface area (Å²) < 4.78 is 16.4. The number of ether oxygens (including phenoxy) is 3. The van der Waals surface area contributed by atoms with Crippen LogP contribution in [0.1, 0.15) is 39.2 Å². The van der Waals surface area contributed by atoms with Crippen molar-refractivity contribution in [2.75, 3.05) is 40.5 Å². The predicted molar refractivity (Wildman–Crippen MR) is 121 cm³/mol. The van der Waals surface area contributed by atoms with Gasteiger partial charge in [0.1, 0.15) is 0 Å². The molecule has 1 fully saturated rings. The summed E-state index contributed by atoms with van der Waals surface area (Å²) in [5.41, 5.74) is 1.03. The molecule has 154 valence electrons. The zero-order valence-corrected chi connectivity index (χ0v) is 19.5. The zero-order chi connectivity index (χ0) is 19.0. The van der Waals surface area contributed by atoms with Crippen LogP contribution in [-0.4, -0.2) is 52.5 Å². The van der Waals surface area contributed by atoms with E-state index < -0.39 is 0 Å². The molecule has 1 unspecified atom stereocenters. The number of hydrogen-bond donors (Lipinski definition) is 2. The van der Waals surface area contributed by atoms with Gasteiger partial charge in [-0.15, -0.1) is 24.0 Å². The number of halogens is 1. The van der Waals surface area contributed by atoms with E-state index >= 15 is 0 Å². The Hall–Kier alpha value is -1.22. The average molecular weight is 491 g/mol. The summed E-state index contributed by atoms with van der Waals surface area (Å²) in [5.74, 6) is 2.31. The first-order chi connectivity index (χ1) is 12.5. The van der Waals surface area contributed by atoms with Crippen molar-refractivity contribution in [3.8, 4) is 11.5 Å². The van der Waals surface area contributed by atoms with Crippen LogP contribution >= 0.6 is 24.0 Å². The molecular formula is C20H34IN3O3. The van der Waals surface area contributed by atoms with Gasteiger partial charge in [0.2, 0.25) is 0 Å². The van der Waals surface area contributed by atoms with Crippen molar-refractivity contribution in [1.29, 1.82) is 0 Å². The van der Waals surface area contributed by atoms with Crippen molar-refractivity contribution in [3.63, 3.8) is 0 Å². The molecule has 0 spiro atoms. The number of hydrogen-bond acceptors (Lipinski definition) is 4. The summed E-state index contributed by atoms with van der Waals surface area (Å²) in [6, 6.07) is 6.05. The lowest BCUT2D eigenvalue weighted by Crippen LogP contribution is -2.41. The van der Waals surface area contributed by atoms with E-state index in [9.17, 15) is 0 Å². The molecule has 1 heterocycles. The highest BCUT2D eigenvalue weighted by Gasteiger charge is 2.23. The van der Waals surface area contributed by atoms with Crippen LogP contribution in [0.15, 0.2) is 23.2 Å². The molecule has 1 aliphatic rings. The molecule has 6 nitrogen and oxygen atoms in total. The first-order valence-corrected chi connectivity index (χ1v) is 9.36. The summed E-state index contributed by atoms with van der Waals surface area (Å²) >= 11 is 0. The first kappa shape index (κ1) is 23.8. The second-order valence-corrected chi connectivity index (χ2v) is 7.16. The molecule has 1 saturated heterocycles. The highest BCUT2D eigenvalue weighted by atomic mass is 127. The van der Waals surface area contributed by atoms with E-state index in [0.29, 0.717) is 6.54 Å². The smallest absolute Gasteiger partial charge is 0.191 e. The average Bonchev–Trinajstić information content (AvgIpc) is 3.17. The van der Waals surface area contributed by atoms with Crippen LogP contribution in [0, 0.1) is 0 Å². The van der Waals surface area contributed by atoms with Crippen molar-refractivity contribution in [2.24, 2.45) is 4.99 Å². The number of guanidine groups is 1. The van der Waals surface area contributed by atoms with Crippen molar-refractivity contribution < 1.29 is 14.2 Å². The Kier molecular flexibility index (Phi) is 10.2. The van der Waals surface area contributed by atoms with Crippen molar-refractivity contribution in [1.82, 2.24) is 10.6 Å². The lowest BCUT2D eigenvalue weighted by Gasteiger charge is -2.25. The summed E-state index contributed by atoms with van der Waals surface area (Å²) in [6.45, 7) is 9.58. The lowest BCUT2D eigenvalue weighted by molar-refractivity contribution is 0.114. The minimum atomic E-state index is -0.133. The zero-order valence-electron chi connectivity index (χ0n) is 17.1. The molecule has 0 aliphatic carbocycles. The normalized spacial score (nSPS) is 17.2. The third kappa shape index (κ3) is 7.03. The van der Waals surface area contributed by atoms with E-state index in [2.05, 4.69) is 37.5 Å². The fourth-order valence-electron chi connectivity index (χ4n) is 2.98. The van der Waals surface area contributed by atoms with Crippen LogP contribution < -0.4 is 20.1 Å². The van der Waals surface area contributed by atoms with Crippen molar-refractivity contribution >= 4 is 29.9 Å². The van der Waals surface area contributed by atoms with Crippen LogP contribution in [0.25, 0.3) is 0 Å². The highest BCUT2D eigenvalue weighted by molar-refractivity contribution is 14.0. The molecular weight excluding hydrogens is 457 g/mol. The molecule has 0 amide bonds. The molecule has 0 radical (unpaired) electrons. The van der Waals surface area contributed by atoms with Crippen LogP contribution in [0.4, 0.5) is 0 Å². The maximum Gasteiger partial charge on any atom is 0.191 e. The van der Waals surface area contributed by atoms with Crippen LogP contribution in [-0.2, 0) is 10.2 Å². The molecule has 0 aromatic heterocycles. The maximum absolute atomic E-state index is 5.67. The summed E-state index contributed by atoms with van der Waals surface area (Å²) in [5, 5.41) is 6.71. The molecule has 1 aromatic carbocycles. The van der Waals surface area contributed by atoms with Gasteiger partial charge in [0.05, 0.1) is 26.9 Å². The fourth-order valence-corrected chi connectivity index (χ4v) is 2.98. The molecule has 1 atom stereocenters. The Balaban J connectivity index is 0.00000364. The Labute approximate surface area is 180 Å². The van der Waals surface area contributed by atoms with Crippen LogP contribution in [0.2, 0.25) is 0 Å². The summed E-state index contributed by atoms with van der Waals surface area (Å²) in [6.07, 6.45) is 2.55. The summed E-state index contributed by atoms with van der Waals surface area (Å²) in [7, 11) is 3.31. The lowest BCUT2D eigenvalue weighted by atomic mass is 9.84. The standard InChI is InChI=1S/C20H33N3O3.HI/c1-6-21-19(22-13-16-8-7-11-26-16)23-14-20(2,3)15-9-10-17(24-4)18(12-15)25-5;/h9-10,12,16H,6-8,11,13-14H2,1-5H3,(H2,21,22,23);1H. The van der Waals surface area contributed by atoms with Gasteiger partial charge in [0.15, 0.2) is 17.5 Å². The van der Waals surface area contributed by atoms with Crippen molar-refractivity contribution in [2.45, 2.75) is 45.1 Å². The monoisotopic (exact) mass is 491 g/mol. The van der Waals surface area contributed by atoms with E-state index in [1.807, 2.05) is 12.1 Å². The van der Waals surface area contributed by atoms with E-state index in [1.54, 1.807) is 14.2 Å². The van der Waals surface area contributed by atoms with Crippen LogP contribution in [0.5, 0.6) is 11.5 Å². The van der Waals surface area contributed by atoms with Crippen LogP contribution in [0.3, 0.4) is 0 Å². The molecule has 27 heavy (non-hydrogen) atoms. The van der Waals surface area contributed by atoms with Gasteiger partial charge >= 0.3 is 0 Å². The minimum Gasteiger partial charge on any atom is -0.493 e. The van der Waals surface area contributed by atoms with Gasteiger partial charge in [-0.25, -0.2) is 0 Å². The Morgan fingerprint density at radius 2 is 1.96 bits per heavy atom. The maximum atomic E-state index is 5.67. The molecule has 2 rings (SSSR count). The number of nitrogens with zero attached hydrogens (tertiary/aromatic N) is 1. The number of aliphatic imine (C=N–C) groups is 1. The molecule has 0 bridgehead atoms. The summed E-state index contributed by atoms with van der Waals surface area (Å²) in [4.78, 5) is 4.79. The quantitative estimate of drug-likeness (QED) is 0.332. The second-order valence-electron chi connectivity index (χ2n) is 7.16. The van der Waals surface area contributed by atoms with E-state index in [0.717, 1.165) is 55.6 Å². The van der Waals surface area contributed by atoms with E-state index in [4.69, 9.17) is 19.2 Å². The second kappa shape index (κ2) is 11.6. The SMILES string of the molecule is CCNC(=NCC(C)(C)c1ccc(OC)c(OC)c1)NCC1CCCO1.I. The molecule has 7 heteroatoms. The minimum absolute atomic E-state index is 0. The number of benzene rings is 1. The van der Waals surface area contributed by atoms with Gasteiger partial charge in [-0.05, 0) is 37.5 Å². The Bertz CT molecular complexity index is 602. The molecule has 1 aromatic rings. The van der Waals surface area contributed by atoms with Gasteiger partial charge in [-0.1, -0.05) is 19.9 Å². The van der Waals surface area contributed by atoms with Crippen molar-refractivity contribution in [3.05, 3.63) is 23.8 Å².